The third-order valence-corrected chi connectivity index (χ3v) is 4.63. The van der Waals surface area contributed by atoms with Crippen LogP contribution in [0, 0.1) is 11.7 Å². The molecule has 140 valence electrons. The van der Waals surface area contributed by atoms with Gasteiger partial charge >= 0.3 is 6.03 Å². The summed E-state index contributed by atoms with van der Waals surface area (Å²) in [5.74, 6) is 0.660. The Kier molecular flexibility index (Phi) is 5.88. The molecule has 1 aromatic heterocycles. The smallest absolute Gasteiger partial charge is 0.320 e. The molecule has 2 amide bonds. The molecule has 0 saturated carbocycles. The van der Waals surface area contributed by atoms with Gasteiger partial charge in [-0.05, 0) is 42.9 Å². The molecule has 1 fully saturated rings. The molecule has 1 atom stereocenters. The number of urea groups is 1. The fourth-order valence-electron chi connectivity index (χ4n) is 3.25. The van der Waals surface area contributed by atoms with Crippen LogP contribution in [-0.2, 0) is 18.2 Å². The summed E-state index contributed by atoms with van der Waals surface area (Å²) in [6.45, 7) is 4.07. The molecule has 1 saturated heterocycles. The van der Waals surface area contributed by atoms with Crippen LogP contribution in [0.2, 0.25) is 0 Å². The quantitative estimate of drug-likeness (QED) is 0.859. The van der Waals surface area contributed by atoms with Gasteiger partial charge in [0.25, 0.3) is 0 Å². The van der Waals surface area contributed by atoms with Crippen LogP contribution in [0.5, 0.6) is 0 Å². The molecule has 2 heterocycles. The number of carbonyl (C=O) groups excluding carboxylic acids is 1. The number of hydrogen-bond donors (Lipinski definition) is 2. The van der Waals surface area contributed by atoms with Crippen LogP contribution in [0.3, 0.4) is 0 Å². The molecule has 0 radical (unpaired) electrons. The summed E-state index contributed by atoms with van der Waals surface area (Å²) >= 11 is 0. The molecule has 1 aromatic carbocycles. The Hall–Kier alpha value is -2.41. The van der Waals surface area contributed by atoms with Crippen molar-refractivity contribution in [2.75, 3.05) is 25.1 Å². The number of nitrogens with zero attached hydrogens (tertiary/aromatic N) is 2. The number of nitrogens with one attached hydrogen (secondary N) is 2. The lowest BCUT2D eigenvalue weighted by molar-refractivity contribution is 0.0559. The van der Waals surface area contributed by atoms with Gasteiger partial charge in [-0.2, -0.15) is 5.10 Å². The highest BCUT2D eigenvalue weighted by atomic mass is 19.1. The average Bonchev–Trinajstić information content (AvgIpc) is 2.97. The van der Waals surface area contributed by atoms with Gasteiger partial charge in [0.15, 0.2) is 0 Å². The zero-order valence-electron chi connectivity index (χ0n) is 15.2. The molecule has 0 spiro atoms. The number of benzene rings is 1. The van der Waals surface area contributed by atoms with Crippen molar-refractivity contribution < 1.29 is 13.9 Å². The Morgan fingerprint density at radius 2 is 2.15 bits per heavy atom. The fraction of sp³-hybridized carbons (Fsp3) is 0.474. The average molecular weight is 360 g/mol. The largest absolute Gasteiger partial charge is 0.381 e. The Morgan fingerprint density at radius 3 is 2.81 bits per heavy atom. The van der Waals surface area contributed by atoms with Crippen molar-refractivity contribution in [3.63, 3.8) is 0 Å². The normalized spacial score (nSPS) is 17.1. The number of aromatic nitrogens is 2. The van der Waals surface area contributed by atoms with Crippen molar-refractivity contribution in [2.24, 2.45) is 13.0 Å². The van der Waals surface area contributed by atoms with Gasteiger partial charge in [-0.25, -0.2) is 9.18 Å². The summed E-state index contributed by atoms with van der Waals surface area (Å²) in [7, 11) is 1.79. The third-order valence-electron chi connectivity index (χ3n) is 4.63. The van der Waals surface area contributed by atoms with E-state index in [-0.39, 0.29) is 11.8 Å². The van der Waals surface area contributed by atoms with Gasteiger partial charge < -0.3 is 10.1 Å². The molecule has 1 aliphatic rings. The van der Waals surface area contributed by atoms with Crippen molar-refractivity contribution in [1.29, 1.82) is 0 Å². The summed E-state index contributed by atoms with van der Waals surface area (Å²) in [4.78, 5) is 12.4. The number of rotatable bonds is 5. The number of anilines is 1. The zero-order valence-corrected chi connectivity index (χ0v) is 15.2. The fourth-order valence-corrected chi connectivity index (χ4v) is 3.25. The van der Waals surface area contributed by atoms with Crippen LogP contribution in [0.4, 0.5) is 15.0 Å². The van der Waals surface area contributed by atoms with Crippen molar-refractivity contribution in [3.05, 3.63) is 35.8 Å². The monoisotopic (exact) mass is 360 g/mol. The van der Waals surface area contributed by atoms with Gasteiger partial charge in [-0.1, -0.05) is 19.1 Å². The first kappa shape index (κ1) is 18.4. The minimum absolute atomic E-state index is 0.274. The minimum Gasteiger partial charge on any atom is -0.381 e. The van der Waals surface area contributed by atoms with E-state index in [0.717, 1.165) is 36.3 Å². The van der Waals surface area contributed by atoms with E-state index in [2.05, 4.69) is 15.7 Å². The molecule has 7 heteroatoms. The first-order valence-electron chi connectivity index (χ1n) is 9.03. The molecule has 0 unspecified atom stereocenters. The number of carbonyl (C=O) groups is 1. The van der Waals surface area contributed by atoms with Crippen LogP contribution in [-0.4, -0.2) is 35.6 Å². The maximum atomic E-state index is 13.3. The van der Waals surface area contributed by atoms with Gasteiger partial charge in [-0.15, -0.1) is 0 Å². The second kappa shape index (κ2) is 8.31. The maximum Gasteiger partial charge on any atom is 0.320 e. The molecule has 0 bridgehead atoms. The number of amides is 2. The number of halogens is 1. The second-order valence-corrected chi connectivity index (χ2v) is 6.57. The van der Waals surface area contributed by atoms with E-state index in [1.54, 1.807) is 23.9 Å². The predicted molar refractivity (Wildman–Crippen MR) is 98.5 cm³/mol. The SMILES string of the molecule is CCc1nn(C)c(NC(=O)NC[C@H]2CCCOC2)c1-c1ccc(F)cc1. The van der Waals surface area contributed by atoms with Crippen LogP contribution in [0.25, 0.3) is 11.1 Å². The highest BCUT2D eigenvalue weighted by Crippen LogP contribution is 2.32. The van der Waals surface area contributed by atoms with Gasteiger partial charge in [0.05, 0.1) is 12.3 Å². The number of aryl methyl sites for hydroxylation is 2. The molecular weight excluding hydrogens is 335 g/mol. The first-order valence-corrected chi connectivity index (χ1v) is 9.03. The summed E-state index contributed by atoms with van der Waals surface area (Å²) in [6, 6.07) is 5.95. The van der Waals surface area contributed by atoms with Crippen molar-refractivity contribution >= 4 is 11.8 Å². The summed E-state index contributed by atoms with van der Waals surface area (Å²) in [6.07, 6.45) is 2.81. The molecular formula is C19H25FN4O2. The number of hydrogen-bond acceptors (Lipinski definition) is 3. The van der Waals surface area contributed by atoms with E-state index in [4.69, 9.17) is 4.74 Å². The summed E-state index contributed by atoms with van der Waals surface area (Å²) in [5, 5.41) is 10.3. The van der Waals surface area contributed by atoms with E-state index in [1.165, 1.54) is 12.1 Å². The first-order chi connectivity index (χ1) is 12.6. The Labute approximate surface area is 152 Å². The van der Waals surface area contributed by atoms with Crippen LogP contribution in [0.15, 0.2) is 24.3 Å². The molecule has 2 aromatic rings. The second-order valence-electron chi connectivity index (χ2n) is 6.57. The van der Waals surface area contributed by atoms with E-state index in [0.29, 0.717) is 31.3 Å². The van der Waals surface area contributed by atoms with E-state index < -0.39 is 0 Å². The van der Waals surface area contributed by atoms with Gasteiger partial charge in [-0.3, -0.25) is 10.00 Å². The predicted octanol–water partition coefficient (Wildman–Crippen LogP) is 3.34. The van der Waals surface area contributed by atoms with Gasteiger partial charge in [0, 0.05) is 25.8 Å². The molecule has 26 heavy (non-hydrogen) atoms. The Bertz CT molecular complexity index is 752. The zero-order chi connectivity index (χ0) is 18.5. The molecule has 0 aliphatic carbocycles. The lowest BCUT2D eigenvalue weighted by Crippen LogP contribution is -2.36. The Morgan fingerprint density at radius 1 is 1.38 bits per heavy atom. The van der Waals surface area contributed by atoms with Crippen molar-refractivity contribution in [2.45, 2.75) is 26.2 Å². The highest BCUT2D eigenvalue weighted by Gasteiger charge is 2.20. The van der Waals surface area contributed by atoms with E-state index in [1.807, 2.05) is 6.92 Å². The van der Waals surface area contributed by atoms with Crippen LogP contribution in [0.1, 0.15) is 25.5 Å². The molecule has 3 rings (SSSR count). The lowest BCUT2D eigenvalue weighted by atomic mass is 10.0. The highest BCUT2D eigenvalue weighted by molar-refractivity contribution is 5.93. The van der Waals surface area contributed by atoms with Crippen molar-refractivity contribution in [3.8, 4) is 11.1 Å². The topological polar surface area (TPSA) is 68.2 Å². The Balaban J connectivity index is 1.75. The maximum absolute atomic E-state index is 13.3. The summed E-state index contributed by atoms with van der Waals surface area (Å²) < 4.78 is 20.4. The van der Waals surface area contributed by atoms with Crippen LogP contribution >= 0.6 is 0 Å². The van der Waals surface area contributed by atoms with Crippen LogP contribution < -0.4 is 10.6 Å². The molecule has 1 aliphatic heterocycles. The van der Waals surface area contributed by atoms with Gasteiger partial charge in [0.1, 0.15) is 11.6 Å². The minimum atomic E-state index is -0.294. The van der Waals surface area contributed by atoms with Crippen molar-refractivity contribution in [1.82, 2.24) is 15.1 Å². The van der Waals surface area contributed by atoms with Gasteiger partial charge in [0.2, 0.25) is 0 Å². The van der Waals surface area contributed by atoms with E-state index in [9.17, 15) is 9.18 Å². The lowest BCUT2D eigenvalue weighted by Gasteiger charge is -2.22. The number of ether oxygens (including phenoxy) is 1. The summed E-state index contributed by atoms with van der Waals surface area (Å²) in [5.41, 5.74) is 2.51. The molecule has 2 N–H and O–H groups in total. The molecule has 6 nitrogen and oxygen atoms in total. The standard InChI is InChI=1S/C19H25FN4O2/c1-3-16-17(14-6-8-15(20)9-7-14)18(24(2)23-16)22-19(25)21-11-13-5-4-10-26-12-13/h6-9,13H,3-5,10-12H2,1-2H3,(H2,21,22,25)/t13-/m1/s1. The van der Waals surface area contributed by atoms with E-state index >= 15 is 0 Å². The third kappa shape index (κ3) is 4.22.